The lowest BCUT2D eigenvalue weighted by Gasteiger charge is -2.37. The number of methoxy groups -OCH3 is 1. The molecule has 142 valence electrons. The second-order valence-electron chi connectivity index (χ2n) is 6.73. The predicted octanol–water partition coefficient (Wildman–Crippen LogP) is 3.71. The van der Waals surface area contributed by atoms with E-state index in [0.29, 0.717) is 19.8 Å². The van der Waals surface area contributed by atoms with Crippen LogP contribution in [-0.2, 0) is 14.9 Å². The summed E-state index contributed by atoms with van der Waals surface area (Å²) in [4.78, 5) is 12.3. The molecule has 1 N–H and O–H groups in total. The molecule has 2 aromatic rings. The van der Waals surface area contributed by atoms with Crippen LogP contribution in [0.15, 0.2) is 54.6 Å². The van der Waals surface area contributed by atoms with Crippen molar-refractivity contribution in [1.29, 1.82) is 0 Å². The Kier molecular flexibility index (Phi) is 6.24. The smallest absolute Gasteiger partial charge is 0.244 e. The molecule has 5 heteroatoms. The standard InChI is InChI=1S/C22H24FNO3/c1-26-20-7-2-4-17(14-20)8-9-21(25)24-16-22(10-12-27-13-11-22)18-5-3-6-19(23)15-18/h2-9,14-15H,10-13,16H2,1H3,(H,24,25)/b9-8+. The number of carbonyl (C=O) groups is 1. The van der Waals surface area contributed by atoms with Crippen molar-refractivity contribution in [2.45, 2.75) is 18.3 Å². The summed E-state index contributed by atoms with van der Waals surface area (Å²) in [5.74, 6) is 0.299. The maximum Gasteiger partial charge on any atom is 0.244 e. The molecular formula is C22H24FNO3. The fourth-order valence-electron chi connectivity index (χ4n) is 3.38. The number of hydrogen-bond donors (Lipinski definition) is 1. The van der Waals surface area contributed by atoms with Gasteiger partial charge in [0.25, 0.3) is 0 Å². The largest absolute Gasteiger partial charge is 0.497 e. The highest BCUT2D eigenvalue weighted by atomic mass is 19.1. The number of amides is 1. The van der Waals surface area contributed by atoms with E-state index in [0.717, 1.165) is 29.7 Å². The van der Waals surface area contributed by atoms with Gasteiger partial charge in [-0.1, -0.05) is 24.3 Å². The van der Waals surface area contributed by atoms with Gasteiger partial charge >= 0.3 is 0 Å². The van der Waals surface area contributed by atoms with E-state index >= 15 is 0 Å². The van der Waals surface area contributed by atoms with Gasteiger partial charge < -0.3 is 14.8 Å². The van der Waals surface area contributed by atoms with Crippen molar-refractivity contribution in [1.82, 2.24) is 5.32 Å². The van der Waals surface area contributed by atoms with Gasteiger partial charge in [-0.25, -0.2) is 4.39 Å². The summed E-state index contributed by atoms with van der Waals surface area (Å²) >= 11 is 0. The molecule has 0 atom stereocenters. The number of halogens is 1. The van der Waals surface area contributed by atoms with E-state index in [2.05, 4.69) is 5.32 Å². The first kappa shape index (κ1) is 19.1. The Labute approximate surface area is 159 Å². The number of ether oxygens (including phenoxy) is 2. The zero-order chi connectivity index (χ0) is 19.1. The Morgan fingerprint density at radius 2 is 2.00 bits per heavy atom. The minimum Gasteiger partial charge on any atom is -0.497 e. The highest BCUT2D eigenvalue weighted by Crippen LogP contribution is 2.34. The molecule has 0 bridgehead atoms. The summed E-state index contributed by atoms with van der Waals surface area (Å²) in [5.41, 5.74) is 1.48. The number of rotatable bonds is 6. The Bertz CT molecular complexity index is 813. The molecule has 27 heavy (non-hydrogen) atoms. The van der Waals surface area contributed by atoms with Crippen LogP contribution in [0.4, 0.5) is 4.39 Å². The molecule has 0 unspecified atom stereocenters. The molecule has 1 aliphatic rings. The second-order valence-corrected chi connectivity index (χ2v) is 6.73. The molecule has 0 radical (unpaired) electrons. The molecule has 1 amide bonds. The zero-order valence-electron chi connectivity index (χ0n) is 15.4. The molecule has 1 heterocycles. The van der Waals surface area contributed by atoms with E-state index in [9.17, 15) is 9.18 Å². The van der Waals surface area contributed by atoms with E-state index in [1.54, 1.807) is 25.3 Å². The van der Waals surface area contributed by atoms with Gasteiger partial charge in [-0.15, -0.1) is 0 Å². The van der Waals surface area contributed by atoms with Gasteiger partial charge in [0.15, 0.2) is 0 Å². The van der Waals surface area contributed by atoms with Gasteiger partial charge in [-0.3, -0.25) is 4.79 Å². The SMILES string of the molecule is COc1cccc(/C=C/C(=O)NCC2(c3cccc(F)c3)CCOCC2)c1. The van der Waals surface area contributed by atoms with Crippen molar-refractivity contribution in [2.75, 3.05) is 26.9 Å². The average Bonchev–Trinajstić information content (AvgIpc) is 2.71. The van der Waals surface area contributed by atoms with Crippen LogP contribution in [-0.4, -0.2) is 32.8 Å². The van der Waals surface area contributed by atoms with Crippen LogP contribution in [0, 0.1) is 5.82 Å². The minimum absolute atomic E-state index is 0.180. The normalized spacial score (nSPS) is 16.2. The van der Waals surface area contributed by atoms with E-state index in [-0.39, 0.29) is 17.1 Å². The van der Waals surface area contributed by atoms with Crippen molar-refractivity contribution in [3.8, 4) is 5.75 Å². The van der Waals surface area contributed by atoms with Crippen LogP contribution in [0.1, 0.15) is 24.0 Å². The third-order valence-corrected chi connectivity index (χ3v) is 5.01. The van der Waals surface area contributed by atoms with E-state index in [1.165, 1.54) is 12.1 Å². The minimum atomic E-state index is -0.306. The maximum absolute atomic E-state index is 13.7. The van der Waals surface area contributed by atoms with Crippen LogP contribution in [0.5, 0.6) is 5.75 Å². The van der Waals surface area contributed by atoms with E-state index < -0.39 is 0 Å². The summed E-state index contributed by atoms with van der Waals surface area (Å²) in [6, 6.07) is 14.1. The topological polar surface area (TPSA) is 47.6 Å². The van der Waals surface area contributed by atoms with E-state index in [1.807, 2.05) is 30.3 Å². The van der Waals surface area contributed by atoms with Crippen LogP contribution in [0.25, 0.3) is 6.08 Å². The van der Waals surface area contributed by atoms with Crippen molar-refractivity contribution in [3.63, 3.8) is 0 Å². The molecule has 1 fully saturated rings. The monoisotopic (exact) mass is 369 g/mol. The average molecular weight is 369 g/mol. The number of nitrogens with one attached hydrogen (secondary N) is 1. The summed E-state index contributed by atoms with van der Waals surface area (Å²) < 4.78 is 24.4. The third kappa shape index (κ3) is 4.95. The van der Waals surface area contributed by atoms with Gasteiger partial charge in [0.2, 0.25) is 5.91 Å². The van der Waals surface area contributed by atoms with Gasteiger partial charge in [-0.05, 0) is 54.3 Å². The van der Waals surface area contributed by atoms with Crippen LogP contribution < -0.4 is 10.1 Å². The second kappa shape index (κ2) is 8.82. The molecule has 0 aromatic heterocycles. The lowest BCUT2D eigenvalue weighted by Crippen LogP contribution is -2.44. The van der Waals surface area contributed by atoms with Crippen molar-refractivity contribution in [2.24, 2.45) is 0 Å². The van der Waals surface area contributed by atoms with E-state index in [4.69, 9.17) is 9.47 Å². The fourth-order valence-corrected chi connectivity index (χ4v) is 3.38. The summed E-state index contributed by atoms with van der Waals surface area (Å²) in [6.07, 6.45) is 4.75. The Morgan fingerprint density at radius 3 is 2.74 bits per heavy atom. The zero-order valence-corrected chi connectivity index (χ0v) is 15.4. The number of carbonyl (C=O) groups excluding carboxylic acids is 1. The fraction of sp³-hybridized carbons (Fsp3) is 0.318. The Morgan fingerprint density at radius 1 is 1.22 bits per heavy atom. The Balaban J connectivity index is 1.68. The molecule has 4 nitrogen and oxygen atoms in total. The number of hydrogen-bond acceptors (Lipinski definition) is 3. The molecule has 3 rings (SSSR count). The predicted molar refractivity (Wildman–Crippen MR) is 103 cm³/mol. The summed E-state index contributed by atoms with van der Waals surface area (Å²) in [7, 11) is 1.61. The first-order chi connectivity index (χ1) is 13.1. The molecule has 1 aliphatic heterocycles. The van der Waals surface area contributed by atoms with Crippen molar-refractivity contribution >= 4 is 12.0 Å². The highest BCUT2D eigenvalue weighted by Gasteiger charge is 2.34. The van der Waals surface area contributed by atoms with Gasteiger partial charge in [0.1, 0.15) is 11.6 Å². The molecule has 2 aromatic carbocycles. The first-order valence-corrected chi connectivity index (χ1v) is 9.05. The maximum atomic E-state index is 13.7. The summed E-state index contributed by atoms with van der Waals surface area (Å²) in [6.45, 7) is 1.65. The molecule has 0 aliphatic carbocycles. The molecule has 1 saturated heterocycles. The van der Waals surface area contributed by atoms with Crippen LogP contribution in [0.3, 0.4) is 0 Å². The summed E-state index contributed by atoms with van der Waals surface area (Å²) in [5, 5.41) is 2.98. The quantitative estimate of drug-likeness (QED) is 0.790. The highest BCUT2D eigenvalue weighted by molar-refractivity contribution is 5.91. The van der Waals surface area contributed by atoms with Gasteiger partial charge in [0, 0.05) is 31.2 Å². The molecule has 0 saturated carbocycles. The molecule has 0 spiro atoms. The third-order valence-electron chi connectivity index (χ3n) is 5.01. The first-order valence-electron chi connectivity index (χ1n) is 9.05. The van der Waals surface area contributed by atoms with Crippen LogP contribution >= 0.6 is 0 Å². The number of benzene rings is 2. The van der Waals surface area contributed by atoms with Gasteiger partial charge in [0.05, 0.1) is 7.11 Å². The Hall–Kier alpha value is -2.66. The van der Waals surface area contributed by atoms with Crippen molar-refractivity contribution in [3.05, 3.63) is 71.6 Å². The lowest BCUT2D eigenvalue weighted by atomic mass is 9.74. The van der Waals surface area contributed by atoms with Crippen LogP contribution in [0.2, 0.25) is 0 Å². The van der Waals surface area contributed by atoms with Crippen molar-refractivity contribution < 1.29 is 18.7 Å². The lowest BCUT2D eigenvalue weighted by molar-refractivity contribution is -0.116. The molecular weight excluding hydrogens is 345 g/mol. The van der Waals surface area contributed by atoms with Gasteiger partial charge in [-0.2, -0.15) is 0 Å².